The first kappa shape index (κ1) is 9.61. The first-order valence-corrected chi connectivity index (χ1v) is 4.80. The summed E-state index contributed by atoms with van der Waals surface area (Å²) < 4.78 is 0. The van der Waals surface area contributed by atoms with Gasteiger partial charge >= 0.3 is 0 Å². The van der Waals surface area contributed by atoms with E-state index in [1.54, 1.807) is 0 Å². The van der Waals surface area contributed by atoms with Crippen molar-refractivity contribution < 1.29 is 0 Å². The van der Waals surface area contributed by atoms with Gasteiger partial charge in [0, 0.05) is 6.42 Å². The summed E-state index contributed by atoms with van der Waals surface area (Å²) in [6.45, 7) is 8.72. The summed E-state index contributed by atoms with van der Waals surface area (Å²) in [6.07, 6.45) is 3.98. The van der Waals surface area contributed by atoms with Crippen LogP contribution in [0.3, 0.4) is 0 Å². The third-order valence-electron chi connectivity index (χ3n) is 2.75. The number of aromatic nitrogens is 2. The van der Waals surface area contributed by atoms with Crippen LogP contribution in [0.5, 0.6) is 0 Å². The van der Waals surface area contributed by atoms with Crippen molar-refractivity contribution in [3.63, 3.8) is 0 Å². The van der Waals surface area contributed by atoms with E-state index < -0.39 is 0 Å². The molecule has 0 aromatic carbocycles. The van der Waals surface area contributed by atoms with Crippen molar-refractivity contribution in [3.05, 3.63) is 29.0 Å². The van der Waals surface area contributed by atoms with E-state index in [1.807, 2.05) is 6.92 Å². The minimum Gasteiger partial charge on any atom is -0.359 e. The van der Waals surface area contributed by atoms with Gasteiger partial charge in [-0.1, -0.05) is 6.57 Å². The zero-order chi connectivity index (χ0) is 10.9. The molecule has 0 amide bonds. The second-order valence-corrected chi connectivity index (χ2v) is 3.94. The minimum atomic E-state index is -0.222. The monoisotopic (exact) mass is 198 g/mol. The second kappa shape index (κ2) is 3.33. The fraction of sp³-hybridized carbons (Fsp3) is 0.455. The smallest absolute Gasteiger partial charge is 0.288 e. The van der Waals surface area contributed by atoms with Crippen molar-refractivity contribution in [2.75, 3.05) is 0 Å². The molecule has 2 rings (SSSR count). The molecular formula is C11H10N4. The number of hydrogen-bond donors (Lipinski definition) is 0. The van der Waals surface area contributed by atoms with E-state index in [0.717, 1.165) is 24.2 Å². The van der Waals surface area contributed by atoms with Gasteiger partial charge in [-0.2, -0.15) is 5.26 Å². The normalized spacial score (nSPS) is 16.5. The summed E-state index contributed by atoms with van der Waals surface area (Å²) in [7, 11) is 0. The van der Waals surface area contributed by atoms with Gasteiger partial charge < -0.3 is 4.85 Å². The van der Waals surface area contributed by atoms with Gasteiger partial charge in [0.15, 0.2) is 5.69 Å². The summed E-state index contributed by atoms with van der Waals surface area (Å²) in [5, 5.41) is 8.98. The standard InChI is InChI=1S/C11H10N4/c1-8-9(5-11(7-12)3-4-11)15-10(13-2)6-14-8/h6H,3-5H2,1H3. The van der Waals surface area contributed by atoms with Gasteiger partial charge in [0.2, 0.25) is 0 Å². The summed E-state index contributed by atoms with van der Waals surface area (Å²) >= 11 is 0. The van der Waals surface area contributed by atoms with Crippen molar-refractivity contribution in [2.24, 2.45) is 5.41 Å². The number of nitriles is 1. The quantitative estimate of drug-likeness (QED) is 0.684. The van der Waals surface area contributed by atoms with Crippen molar-refractivity contribution in [1.29, 1.82) is 5.26 Å². The molecule has 0 spiro atoms. The molecule has 0 radical (unpaired) electrons. The van der Waals surface area contributed by atoms with Crippen LogP contribution in [-0.4, -0.2) is 9.97 Å². The highest BCUT2D eigenvalue weighted by atomic mass is 14.9. The van der Waals surface area contributed by atoms with Crippen LogP contribution in [0.4, 0.5) is 5.82 Å². The van der Waals surface area contributed by atoms with Gasteiger partial charge in [-0.3, -0.25) is 4.98 Å². The molecule has 0 atom stereocenters. The van der Waals surface area contributed by atoms with Crippen LogP contribution in [0.2, 0.25) is 0 Å². The third kappa shape index (κ3) is 1.80. The van der Waals surface area contributed by atoms with Crippen LogP contribution >= 0.6 is 0 Å². The zero-order valence-corrected chi connectivity index (χ0v) is 8.49. The highest BCUT2D eigenvalue weighted by Crippen LogP contribution is 2.47. The van der Waals surface area contributed by atoms with Gasteiger partial charge in [-0.05, 0) is 19.8 Å². The maximum absolute atomic E-state index is 8.98. The van der Waals surface area contributed by atoms with Crippen LogP contribution in [0.25, 0.3) is 4.85 Å². The van der Waals surface area contributed by atoms with Crippen LogP contribution in [0.15, 0.2) is 6.20 Å². The molecule has 1 aliphatic rings. The van der Waals surface area contributed by atoms with Gasteiger partial charge in [0.1, 0.15) is 0 Å². The average molecular weight is 198 g/mol. The third-order valence-corrected chi connectivity index (χ3v) is 2.75. The zero-order valence-electron chi connectivity index (χ0n) is 8.49. The predicted molar refractivity (Wildman–Crippen MR) is 54.0 cm³/mol. The van der Waals surface area contributed by atoms with E-state index in [-0.39, 0.29) is 5.41 Å². The summed E-state index contributed by atoms with van der Waals surface area (Å²) in [5.74, 6) is 0.310. The Kier molecular flexibility index (Phi) is 2.13. The van der Waals surface area contributed by atoms with Gasteiger partial charge in [-0.25, -0.2) is 0 Å². The highest BCUT2D eigenvalue weighted by molar-refractivity contribution is 5.35. The van der Waals surface area contributed by atoms with Crippen LogP contribution in [0.1, 0.15) is 24.2 Å². The first-order valence-electron chi connectivity index (χ1n) is 4.80. The SMILES string of the molecule is [C-]#[N+]c1cnc(C)c(CC2(C#N)CC2)n1. The molecule has 0 unspecified atom stereocenters. The molecule has 15 heavy (non-hydrogen) atoms. The number of nitrogens with zero attached hydrogens (tertiary/aromatic N) is 4. The molecule has 1 heterocycles. The highest BCUT2D eigenvalue weighted by Gasteiger charge is 2.44. The number of rotatable bonds is 2. The van der Waals surface area contributed by atoms with Gasteiger partial charge in [0.05, 0.1) is 23.4 Å². The largest absolute Gasteiger partial charge is 0.359 e. The molecule has 1 aliphatic carbocycles. The average Bonchev–Trinajstić information content (AvgIpc) is 3.02. The van der Waals surface area contributed by atoms with E-state index >= 15 is 0 Å². The van der Waals surface area contributed by atoms with Crippen LogP contribution in [0, 0.1) is 30.2 Å². The molecule has 0 N–H and O–H groups in total. The van der Waals surface area contributed by atoms with Crippen LogP contribution < -0.4 is 0 Å². The Balaban J connectivity index is 2.29. The molecule has 0 saturated heterocycles. The number of aryl methyl sites for hydroxylation is 1. The van der Waals surface area contributed by atoms with Gasteiger partial charge in [0.25, 0.3) is 5.82 Å². The fourth-order valence-corrected chi connectivity index (χ4v) is 1.50. The first-order chi connectivity index (χ1) is 7.19. The Hall–Kier alpha value is -1.94. The summed E-state index contributed by atoms with van der Waals surface area (Å²) in [4.78, 5) is 11.5. The molecule has 0 aliphatic heterocycles. The molecule has 4 heteroatoms. The summed E-state index contributed by atoms with van der Waals surface area (Å²) in [5.41, 5.74) is 1.39. The molecule has 1 fully saturated rings. The Morgan fingerprint density at radius 3 is 2.93 bits per heavy atom. The molecule has 1 aromatic heterocycles. The van der Waals surface area contributed by atoms with E-state index in [4.69, 9.17) is 11.8 Å². The lowest BCUT2D eigenvalue weighted by Crippen LogP contribution is -2.06. The maximum Gasteiger partial charge on any atom is 0.288 e. The molecule has 1 aromatic rings. The van der Waals surface area contributed by atoms with Crippen LogP contribution in [-0.2, 0) is 6.42 Å². The molecular weight excluding hydrogens is 188 g/mol. The molecule has 0 bridgehead atoms. The van der Waals surface area contributed by atoms with E-state index in [2.05, 4.69) is 20.9 Å². The van der Waals surface area contributed by atoms with Crippen molar-refractivity contribution in [2.45, 2.75) is 26.2 Å². The van der Waals surface area contributed by atoms with Crippen molar-refractivity contribution in [3.8, 4) is 6.07 Å². The summed E-state index contributed by atoms with van der Waals surface area (Å²) in [6, 6.07) is 2.32. The topological polar surface area (TPSA) is 53.9 Å². The van der Waals surface area contributed by atoms with E-state index in [0.29, 0.717) is 12.2 Å². The minimum absolute atomic E-state index is 0.222. The molecule has 74 valence electrons. The Bertz CT molecular complexity index is 474. The predicted octanol–water partition coefficient (Wildman–Crippen LogP) is 2.18. The Morgan fingerprint density at radius 1 is 1.67 bits per heavy atom. The van der Waals surface area contributed by atoms with Crippen molar-refractivity contribution in [1.82, 2.24) is 9.97 Å². The van der Waals surface area contributed by atoms with Gasteiger partial charge in [-0.15, -0.1) is 4.98 Å². The lowest BCUT2D eigenvalue weighted by atomic mass is 10.0. The molecule has 4 nitrogen and oxygen atoms in total. The lowest BCUT2D eigenvalue weighted by Gasteiger charge is -2.04. The van der Waals surface area contributed by atoms with E-state index in [1.165, 1.54) is 6.20 Å². The molecule has 1 saturated carbocycles. The second-order valence-electron chi connectivity index (χ2n) is 3.94. The number of hydrogen-bond acceptors (Lipinski definition) is 3. The van der Waals surface area contributed by atoms with E-state index in [9.17, 15) is 0 Å². The lowest BCUT2D eigenvalue weighted by molar-refractivity contribution is 0.645. The Morgan fingerprint density at radius 2 is 2.40 bits per heavy atom. The fourth-order valence-electron chi connectivity index (χ4n) is 1.50. The Labute approximate surface area is 88.4 Å². The van der Waals surface area contributed by atoms with Crippen molar-refractivity contribution >= 4 is 5.82 Å². The maximum atomic E-state index is 8.98.